The average Bonchev–Trinajstić information content (AvgIpc) is 3.15. The second kappa shape index (κ2) is 6.64. The number of halogens is 3. The lowest BCUT2D eigenvalue weighted by Gasteiger charge is -2.27. The van der Waals surface area contributed by atoms with Crippen LogP contribution in [0.1, 0.15) is 74.0 Å². The van der Waals surface area contributed by atoms with Gasteiger partial charge in [0.15, 0.2) is 5.82 Å². The molecule has 1 aromatic carbocycles. The fourth-order valence-corrected chi connectivity index (χ4v) is 4.07. The molecule has 2 fully saturated rings. The second-order valence-electron chi connectivity index (χ2n) is 7.33. The van der Waals surface area contributed by atoms with Gasteiger partial charge in [0.1, 0.15) is 0 Å². The van der Waals surface area contributed by atoms with E-state index < -0.39 is 11.7 Å². The van der Waals surface area contributed by atoms with Gasteiger partial charge in [-0.1, -0.05) is 24.6 Å². The fraction of sp³-hybridized carbons (Fsp3) is 0.611. The van der Waals surface area contributed by atoms with E-state index in [1.165, 1.54) is 12.1 Å². The van der Waals surface area contributed by atoms with Crippen LogP contribution in [0.5, 0.6) is 0 Å². The lowest BCUT2D eigenvalue weighted by Crippen LogP contribution is -2.35. The van der Waals surface area contributed by atoms with Crippen molar-refractivity contribution in [2.24, 2.45) is 0 Å². The Morgan fingerprint density at radius 2 is 1.92 bits per heavy atom. The SMILES string of the molecule is CC(NC1CCCC1c1ccccc1C(F)(F)F)c1nnnn1C1CC1. The van der Waals surface area contributed by atoms with Crippen LogP contribution in [0.2, 0.25) is 0 Å². The van der Waals surface area contributed by atoms with Crippen LogP contribution in [0.3, 0.4) is 0 Å². The normalized spacial score (nSPS) is 24.8. The highest BCUT2D eigenvalue weighted by Crippen LogP contribution is 2.42. The second-order valence-corrected chi connectivity index (χ2v) is 7.33. The summed E-state index contributed by atoms with van der Waals surface area (Å²) in [6, 6.07) is 6.20. The van der Waals surface area contributed by atoms with Crippen LogP contribution in [-0.4, -0.2) is 26.2 Å². The van der Waals surface area contributed by atoms with Gasteiger partial charge in [-0.3, -0.25) is 0 Å². The molecule has 2 aliphatic carbocycles. The number of benzene rings is 1. The predicted molar refractivity (Wildman–Crippen MR) is 89.5 cm³/mol. The van der Waals surface area contributed by atoms with Crippen molar-refractivity contribution in [2.75, 3.05) is 0 Å². The third kappa shape index (κ3) is 3.34. The fourth-order valence-electron chi connectivity index (χ4n) is 4.07. The Hall–Kier alpha value is -1.96. The van der Waals surface area contributed by atoms with Gasteiger partial charge in [-0.05, 0) is 60.6 Å². The highest BCUT2D eigenvalue weighted by atomic mass is 19.4. The lowest BCUT2D eigenvalue weighted by atomic mass is 9.89. The Kier molecular flexibility index (Phi) is 4.46. The van der Waals surface area contributed by atoms with Gasteiger partial charge in [-0.15, -0.1) is 5.10 Å². The summed E-state index contributed by atoms with van der Waals surface area (Å²) in [7, 11) is 0. The predicted octanol–water partition coefficient (Wildman–Crippen LogP) is 4.01. The molecular weight excluding hydrogens is 343 g/mol. The Labute approximate surface area is 150 Å². The van der Waals surface area contributed by atoms with Crippen LogP contribution >= 0.6 is 0 Å². The molecule has 0 bridgehead atoms. The zero-order valence-corrected chi connectivity index (χ0v) is 14.6. The van der Waals surface area contributed by atoms with E-state index in [2.05, 4.69) is 20.8 Å². The number of hydrogen-bond acceptors (Lipinski definition) is 4. The maximum absolute atomic E-state index is 13.4. The minimum Gasteiger partial charge on any atom is -0.304 e. The molecule has 0 radical (unpaired) electrons. The summed E-state index contributed by atoms with van der Waals surface area (Å²) >= 11 is 0. The van der Waals surface area contributed by atoms with Crippen molar-refractivity contribution in [3.8, 4) is 0 Å². The summed E-state index contributed by atoms with van der Waals surface area (Å²) in [5.41, 5.74) is -0.127. The quantitative estimate of drug-likeness (QED) is 0.870. The van der Waals surface area contributed by atoms with Gasteiger partial charge in [0.05, 0.1) is 17.6 Å². The van der Waals surface area contributed by atoms with E-state index in [1.807, 2.05) is 11.6 Å². The monoisotopic (exact) mass is 365 g/mol. The van der Waals surface area contributed by atoms with E-state index >= 15 is 0 Å². The van der Waals surface area contributed by atoms with Crippen molar-refractivity contribution < 1.29 is 13.2 Å². The molecule has 2 aliphatic rings. The van der Waals surface area contributed by atoms with Crippen LogP contribution < -0.4 is 5.32 Å². The number of nitrogens with zero attached hydrogens (tertiary/aromatic N) is 4. The van der Waals surface area contributed by atoms with Gasteiger partial charge >= 0.3 is 6.18 Å². The van der Waals surface area contributed by atoms with Gasteiger partial charge in [0, 0.05) is 6.04 Å². The van der Waals surface area contributed by atoms with Gasteiger partial charge in [-0.2, -0.15) is 13.2 Å². The number of tetrazole rings is 1. The topological polar surface area (TPSA) is 55.6 Å². The number of nitrogens with one attached hydrogen (secondary N) is 1. The van der Waals surface area contributed by atoms with Gasteiger partial charge in [-0.25, -0.2) is 4.68 Å². The Morgan fingerprint density at radius 3 is 2.65 bits per heavy atom. The summed E-state index contributed by atoms with van der Waals surface area (Å²) < 4.78 is 42.1. The minimum absolute atomic E-state index is 0.0159. The van der Waals surface area contributed by atoms with Gasteiger partial charge in [0.25, 0.3) is 0 Å². The van der Waals surface area contributed by atoms with Crippen molar-refractivity contribution in [1.29, 1.82) is 0 Å². The highest BCUT2D eigenvalue weighted by molar-refractivity contribution is 5.34. The number of alkyl halides is 3. The molecule has 0 saturated heterocycles. The van der Waals surface area contributed by atoms with E-state index in [0.717, 1.165) is 37.9 Å². The average molecular weight is 365 g/mol. The molecule has 1 N–H and O–H groups in total. The molecule has 5 nitrogen and oxygen atoms in total. The van der Waals surface area contributed by atoms with Crippen molar-refractivity contribution in [1.82, 2.24) is 25.5 Å². The molecule has 0 amide bonds. The van der Waals surface area contributed by atoms with E-state index in [9.17, 15) is 13.2 Å². The highest BCUT2D eigenvalue weighted by Gasteiger charge is 2.39. The summed E-state index contributed by atoms with van der Waals surface area (Å²) in [4.78, 5) is 0. The maximum Gasteiger partial charge on any atom is 0.416 e. The molecule has 2 saturated carbocycles. The van der Waals surface area contributed by atoms with Crippen molar-refractivity contribution in [3.05, 3.63) is 41.2 Å². The first-order chi connectivity index (χ1) is 12.4. The lowest BCUT2D eigenvalue weighted by molar-refractivity contribution is -0.138. The first-order valence-electron chi connectivity index (χ1n) is 9.15. The Balaban J connectivity index is 1.55. The van der Waals surface area contributed by atoms with Crippen LogP contribution in [0.25, 0.3) is 0 Å². The van der Waals surface area contributed by atoms with Crippen LogP contribution in [0, 0.1) is 0 Å². The first kappa shape index (κ1) is 17.5. The third-order valence-electron chi connectivity index (χ3n) is 5.44. The first-order valence-corrected chi connectivity index (χ1v) is 9.15. The molecular formula is C18H22F3N5. The van der Waals surface area contributed by atoms with E-state index in [0.29, 0.717) is 11.6 Å². The van der Waals surface area contributed by atoms with Gasteiger partial charge in [0.2, 0.25) is 0 Å². The summed E-state index contributed by atoms with van der Waals surface area (Å²) in [6.07, 6.45) is 0.350. The molecule has 0 aliphatic heterocycles. The molecule has 26 heavy (non-hydrogen) atoms. The van der Waals surface area contributed by atoms with Crippen LogP contribution in [-0.2, 0) is 6.18 Å². The minimum atomic E-state index is -4.33. The molecule has 3 atom stereocenters. The van der Waals surface area contributed by atoms with Gasteiger partial charge < -0.3 is 5.32 Å². The molecule has 140 valence electrons. The Morgan fingerprint density at radius 1 is 1.15 bits per heavy atom. The molecule has 2 aromatic rings. The molecule has 0 spiro atoms. The zero-order valence-electron chi connectivity index (χ0n) is 14.6. The summed E-state index contributed by atoms with van der Waals surface area (Å²) in [5, 5.41) is 15.5. The number of rotatable bonds is 5. The number of hydrogen-bond donors (Lipinski definition) is 1. The molecule has 1 heterocycles. The van der Waals surface area contributed by atoms with Crippen molar-refractivity contribution >= 4 is 0 Å². The third-order valence-corrected chi connectivity index (χ3v) is 5.44. The molecule has 3 unspecified atom stereocenters. The Bertz CT molecular complexity index is 768. The molecule has 4 rings (SSSR count). The zero-order chi connectivity index (χ0) is 18.3. The smallest absolute Gasteiger partial charge is 0.304 e. The standard InChI is InChI=1S/C18H22F3N5/c1-11(17-23-24-25-26(17)12-9-10-12)22-16-8-4-6-14(16)13-5-2-3-7-15(13)18(19,20)21/h2-3,5,7,11-12,14,16,22H,4,6,8-10H2,1H3. The van der Waals surface area contributed by atoms with E-state index in [1.54, 1.807) is 12.1 Å². The van der Waals surface area contributed by atoms with E-state index in [4.69, 9.17) is 0 Å². The molecule has 8 heteroatoms. The van der Waals surface area contributed by atoms with Crippen molar-refractivity contribution in [2.45, 2.75) is 69.2 Å². The summed E-state index contributed by atoms with van der Waals surface area (Å²) in [5.74, 6) is 0.614. The van der Waals surface area contributed by atoms with E-state index in [-0.39, 0.29) is 18.0 Å². The largest absolute Gasteiger partial charge is 0.416 e. The number of aromatic nitrogens is 4. The van der Waals surface area contributed by atoms with Crippen LogP contribution in [0.15, 0.2) is 24.3 Å². The van der Waals surface area contributed by atoms with Crippen molar-refractivity contribution in [3.63, 3.8) is 0 Å². The van der Waals surface area contributed by atoms with Crippen LogP contribution in [0.4, 0.5) is 13.2 Å². The maximum atomic E-state index is 13.4. The summed E-state index contributed by atoms with van der Waals surface area (Å²) in [6.45, 7) is 1.98. The molecule has 1 aromatic heterocycles.